The van der Waals surface area contributed by atoms with Crippen molar-refractivity contribution in [2.24, 2.45) is 5.92 Å². The van der Waals surface area contributed by atoms with Crippen LogP contribution in [0, 0.1) is 23.1 Å². The van der Waals surface area contributed by atoms with Gasteiger partial charge < -0.3 is 14.9 Å². The lowest BCUT2D eigenvalue weighted by Crippen LogP contribution is -2.47. The van der Waals surface area contributed by atoms with E-state index in [1.54, 1.807) is 26.1 Å². The van der Waals surface area contributed by atoms with Gasteiger partial charge in [0.25, 0.3) is 0 Å². The van der Waals surface area contributed by atoms with Gasteiger partial charge in [-0.3, -0.25) is 9.59 Å². The summed E-state index contributed by atoms with van der Waals surface area (Å²) in [6, 6.07) is 7.26. The summed E-state index contributed by atoms with van der Waals surface area (Å²) in [4.78, 5) is 27.9. The fourth-order valence-corrected chi connectivity index (χ4v) is 3.03. The summed E-state index contributed by atoms with van der Waals surface area (Å²) < 4.78 is 13.8. The predicted molar refractivity (Wildman–Crippen MR) is 88.6 cm³/mol. The maximum Gasteiger partial charge on any atom is 0.245 e. The van der Waals surface area contributed by atoms with Crippen LogP contribution in [0.2, 0.25) is 0 Å². The largest absolute Gasteiger partial charge is 0.391 e. The van der Waals surface area contributed by atoms with Crippen LogP contribution in [-0.4, -0.2) is 59.0 Å². The number of amides is 2. The first-order valence-electron chi connectivity index (χ1n) is 8.19. The number of likely N-dealkylation sites (tertiary alicyclic amines) is 1. The van der Waals surface area contributed by atoms with Crippen LogP contribution in [0.3, 0.4) is 0 Å². The second-order valence-corrected chi connectivity index (χ2v) is 6.47. The summed E-state index contributed by atoms with van der Waals surface area (Å²) >= 11 is 0. The number of halogens is 1. The highest BCUT2D eigenvalue weighted by Crippen LogP contribution is 2.22. The number of benzene rings is 1. The molecule has 2 amide bonds. The molecule has 1 saturated heterocycles. The van der Waals surface area contributed by atoms with Gasteiger partial charge in [0, 0.05) is 26.6 Å². The molecular formula is C18H22FN3O3. The summed E-state index contributed by atoms with van der Waals surface area (Å²) in [6.07, 6.45) is -0.811. The van der Waals surface area contributed by atoms with E-state index in [2.05, 4.69) is 6.07 Å². The van der Waals surface area contributed by atoms with Crippen LogP contribution in [0.1, 0.15) is 18.9 Å². The number of hydrogen-bond acceptors (Lipinski definition) is 4. The van der Waals surface area contributed by atoms with Crippen LogP contribution in [0.4, 0.5) is 4.39 Å². The Labute approximate surface area is 146 Å². The number of β-amino-alcohol motifs (C(OH)–C–C–N with tert-alkyl or cyclic N) is 1. The third-order valence-electron chi connectivity index (χ3n) is 4.33. The standard InChI is InChI=1S/C18H22FN3O3/c1-12(9-20)10-21(2)18(25)16-8-14(23)11-22(16)17(24)7-13-5-3-4-6-15(13)19/h3-6,12,14,16,23H,7-8,10-11H2,1-2H3. The molecule has 0 spiro atoms. The van der Waals surface area contributed by atoms with Gasteiger partial charge in [0.2, 0.25) is 11.8 Å². The Morgan fingerprint density at radius 1 is 1.48 bits per heavy atom. The predicted octanol–water partition coefficient (Wildman–Crippen LogP) is 0.948. The molecule has 0 saturated carbocycles. The van der Waals surface area contributed by atoms with E-state index >= 15 is 0 Å². The van der Waals surface area contributed by atoms with Gasteiger partial charge in [-0.2, -0.15) is 5.26 Å². The Kier molecular flexibility index (Phi) is 6.10. The van der Waals surface area contributed by atoms with Crippen LogP contribution in [0.25, 0.3) is 0 Å². The van der Waals surface area contributed by atoms with Crippen molar-refractivity contribution in [1.29, 1.82) is 5.26 Å². The zero-order chi connectivity index (χ0) is 18.6. The van der Waals surface area contributed by atoms with Crippen molar-refractivity contribution < 1.29 is 19.1 Å². The molecule has 0 radical (unpaired) electrons. The van der Waals surface area contributed by atoms with E-state index in [-0.39, 0.29) is 43.3 Å². The average molecular weight is 347 g/mol. The minimum atomic E-state index is -0.791. The van der Waals surface area contributed by atoms with E-state index in [1.165, 1.54) is 21.9 Å². The number of rotatable bonds is 5. The van der Waals surface area contributed by atoms with E-state index in [0.717, 1.165) is 0 Å². The number of aliphatic hydroxyl groups excluding tert-OH is 1. The molecule has 25 heavy (non-hydrogen) atoms. The molecule has 3 atom stereocenters. The number of aliphatic hydroxyl groups is 1. The molecule has 7 heteroatoms. The van der Waals surface area contributed by atoms with Gasteiger partial charge in [-0.25, -0.2) is 4.39 Å². The lowest BCUT2D eigenvalue weighted by Gasteiger charge is -2.28. The van der Waals surface area contributed by atoms with E-state index < -0.39 is 23.9 Å². The van der Waals surface area contributed by atoms with Crippen LogP contribution < -0.4 is 0 Å². The molecule has 0 aliphatic carbocycles. The number of likely N-dealkylation sites (N-methyl/N-ethyl adjacent to an activating group) is 1. The van der Waals surface area contributed by atoms with Crippen molar-refractivity contribution in [3.8, 4) is 6.07 Å². The summed E-state index contributed by atoms with van der Waals surface area (Å²) in [7, 11) is 1.57. The SMILES string of the molecule is CC(C#N)CN(C)C(=O)C1CC(O)CN1C(=O)Cc1ccccc1F. The summed E-state index contributed by atoms with van der Waals surface area (Å²) in [5.41, 5.74) is 0.256. The lowest BCUT2D eigenvalue weighted by molar-refractivity contribution is -0.142. The molecule has 3 unspecified atom stereocenters. The van der Waals surface area contributed by atoms with Crippen molar-refractivity contribution in [3.63, 3.8) is 0 Å². The highest BCUT2D eigenvalue weighted by molar-refractivity contribution is 5.89. The molecule has 2 rings (SSSR count). The van der Waals surface area contributed by atoms with Crippen LogP contribution in [0.15, 0.2) is 24.3 Å². The van der Waals surface area contributed by atoms with Gasteiger partial charge in [0.15, 0.2) is 0 Å². The number of nitrogens with zero attached hydrogens (tertiary/aromatic N) is 3. The molecule has 1 aromatic rings. The highest BCUT2D eigenvalue weighted by Gasteiger charge is 2.40. The van der Waals surface area contributed by atoms with Crippen molar-refractivity contribution in [1.82, 2.24) is 9.80 Å². The monoisotopic (exact) mass is 347 g/mol. The molecule has 1 N–H and O–H groups in total. The maximum atomic E-state index is 13.8. The van der Waals surface area contributed by atoms with Gasteiger partial charge >= 0.3 is 0 Å². The molecule has 6 nitrogen and oxygen atoms in total. The Morgan fingerprint density at radius 3 is 2.80 bits per heavy atom. The quantitative estimate of drug-likeness (QED) is 0.859. The third kappa shape index (κ3) is 4.54. The first-order chi connectivity index (χ1) is 11.8. The fraction of sp³-hybridized carbons (Fsp3) is 0.500. The Hall–Kier alpha value is -2.46. The number of carbonyl (C=O) groups excluding carboxylic acids is 2. The molecular weight excluding hydrogens is 325 g/mol. The average Bonchev–Trinajstić information content (AvgIpc) is 2.97. The molecule has 0 bridgehead atoms. The van der Waals surface area contributed by atoms with Gasteiger partial charge in [0.1, 0.15) is 11.9 Å². The smallest absolute Gasteiger partial charge is 0.245 e. The van der Waals surface area contributed by atoms with E-state index in [4.69, 9.17) is 5.26 Å². The van der Waals surface area contributed by atoms with Crippen molar-refractivity contribution in [2.45, 2.75) is 31.9 Å². The first kappa shape index (κ1) is 18.9. The number of hydrogen-bond donors (Lipinski definition) is 1. The zero-order valence-electron chi connectivity index (χ0n) is 14.4. The van der Waals surface area contributed by atoms with E-state index in [9.17, 15) is 19.1 Å². The minimum absolute atomic E-state index is 0.0470. The third-order valence-corrected chi connectivity index (χ3v) is 4.33. The number of nitriles is 1. The second-order valence-electron chi connectivity index (χ2n) is 6.47. The number of carbonyl (C=O) groups is 2. The van der Waals surface area contributed by atoms with Crippen LogP contribution >= 0.6 is 0 Å². The molecule has 1 fully saturated rings. The Morgan fingerprint density at radius 2 is 2.16 bits per heavy atom. The van der Waals surface area contributed by atoms with Crippen molar-refractivity contribution in [3.05, 3.63) is 35.6 Å². The normalized spacial score (nSPS) is 20.8. The topological polar surface area (TPSA) is 84.6 Å². The first-order valence-corrected chi connectivity index (χ1v) is 8.19. The summed E-state index contributed by atoms with van der Waals surface area (Å²) in [5.74, 6) is -1.52. The van der Waals surface area contributed by atoms with E-state index in [0.29, 0.717) is 0 Å². The fourth-order valence-electron chi connectivity index (χ4n) is 3.03. The Balaban J connectivity index is 2.10. The van der Waals surface area contributed by atoms with E-state index in [1.807, 2.05) is 0 Å². The highest BCUT2D eigenvalue weighted by atomic mass is 19.1. The van der Waals surface area contributed by atoms with Gasteiger partial charge in [0.05, 0.1) is 24.5 Å². The summed E-state index contributed by atoms with van der Waals surface area (Å²) in [6.45, 7) is 2.00. The van der Waals surface area contributed by atoms with Crippen molar-refractivity contribution in [2.75, 3.05) is 20.1 Å². The second kappa shape index (κ2) is 8.08. The summed E-state index contributed by atoms with van der Waals surface area (Å²) in [5, 5.41) is 18.8. The maximum absolute atomic E-state index is 13.8. The van der Waals surface area contributed by atoms with Crippen LogP contribution in [-0.2, 0) is 16.0 Å². The van der Waals surface area contributed by atoms with Gasteiger partial charge in [-0.15, -0.1) is 0 Å². The molecule has 0 aromatic heterocycles. The molecule has 1 aliphatic heterocycles. The van der Waals surface area contributed by atoms with Crippen LogP contribution in [0.5, 0.6) is 0 Å². The zero-order valence-corrected chi connectivity index (χ0v) is 14.4. The lowest BCUT2D eigenvalue weighted by atomic mass is 10.1. The van der Waals surface area contributed by atoms with Crippen molar-refractivity contribution >= 4 is 11.8 Å². The molecule has 1 heterocycles. The van der Waals surface area contributed by atoms with Gasteiger partial charge in [-0.05, 0) is 18.6 Å². The molecule has 1 aliphatic rings. The Bertz CT molecular complexity index is 688. The van der Waals surface area contributed by atoms with Gasteiger partial charge in [-0.1, -0.05) is 18.2 Å². The molecule has 134 valence electrons. The molecule has 1 aromatic carbocycles. The minimum Gasteiger partial charge on any atom is -0.391 e.